The number of hydrogen-bond donors (Lipinski definition) is 0. The van der Waals surface area contributed by atoms with Crippen molar-refractivity contribution < 1.29 is 43.2 Å². The molecule has 0 rings (SSSR count). The van der Waals surface area contributed by atoms with E-state index in [1.807, 2.05) is 0 Å². The minimum Gasteiger partial charge on any atom is -0.219 e. The lowest BCUT2D eigenvalue weighted by Crippen LogP contribution is -2.45. The van der Waals surface area contributed by atoms with E-state index in [2.05, 4.69) is 0 Å². The van der Waals surface area contributed by atoms with E-state index in [0.717, 1.165) is 0 Å². The van der Waals surface area contributed by atoms with Gasteiger partial charge in [-0.15, -0.1) is 0 Å². The first-order valence-corrected chi connectivity index (χ1v) is 6.35. The quantitative estimate of drug-likeness (QED) is 0.521. The minimum absolute atomic E-state index is 0.189. The van der Waals surface area contributed by atoms with Gasteiger partial charge in [-0.1, -0.05) is 0 Å². The summed E-state index contributed by atoms with van der Waals surface area (Å²) in [6, 6.07) is 0. The molecule has 0 aromatic heterocycles. The maximum absolute atomic E-state index is 11.8. The second-order valence-electron chi connectivity index (χ2n) is 2.55. The Kier molecular flexibility index (Phi) is 3.68. The van der Waals surface area contributed by atoms with Crippen molar-refractivity contribution in [2.75, 3.05) is 0 Å². The van der Waals surface area contributed by atoms with E-state index in [1.54, 1.807) is 0 Å². The zero-order chi connectivity index (χ0) is 13.6. The Morgan fingerprint density at radius 2 is 0.938 bits per heavy atom. The first-order valence-electron chi connectivity index (χ1n) is 3.26. The molecule has 0 aromatic rings. The Balaban J connectivity index is 5.70. The van der Waals surface area contributed by atoms with Crippen molar-refractivity contribution in [2.24, 2.45) is 0 Å². The predicted octanol–water partition coefficient (Wildman–Crippen LogP) is -0.228. The molecule has 0 aliphatic carbocycles. The zero-order valence-electron chi connectivity index (χ0n) is 7.29. The van der Waals surface area contributed by atoms with Gasteiger partial charge in [0.15, 0.2) is 0 Å². The molecular weight excluding hydrogens is 289 g/mol. The van der Waals surface area contributed by atoms with Gasteiger partial charge in [0.2, 0.25) is 0 Å². The predicted molar refractivity (Wildman–Crippen MR) is 42.3 cm³/mol. The Hall–Kier alpha value is -0.455. The largest absolute Gasteiger partial charge is 0.497 e. The maximum Gasteiger partial charge on any atom is 0.497 e. The van der Waals surface area contributed by atoms with Crippen molar-refractivity contribution in [1.29, 1.82) is 0 Å². The first-order chi connectivity index (χ1) is 6.65. The molecule has 0 N–H and O–H groups in total. The highest BCUT2D eigenvalue weighted by atomic mass is 32.3. The van der Waals surface area contributed by atoms with Gasteiger partial charge in [-0.25, -0.2) is 16.8 Å². The number of sulfone groups is 2. The third-order valence-corrected chi connectivity index (χ3v) is 6.08. The zero-order valence-corrected chi connectivity index (χ0v) is 8.93. The number of halogens is 6. The summed E-state index contributed by atoms with van der Waals surface area (Å²) in [7, 11) is -13.0. The van der Waals surface area contributed by atoms with Crippen LogP contribution in [0.4, 0.5) is 26.3 Å². The van der Waals surface area contributed by atoms with E-state index < -0.39 is 35.2 Å². The fraction of sp³-hybridized carbons (Fsp3) is 1.00. The van der Waals surface area contributed by atoms with Gasteiger partial charge in [-0.2, -0.15) is 26.3 Å². The third-order valence-electron chi connectivity index (χ3n) is 1.52. The maximum atomic E-state index is 11.8. The highest BCUT2D eigenvalue weighted by Gasteiger charge is 2.60. The minimum atomic E-state index is -6.43. The van der Waals surface area contributed by atoms with E-state index in [-0.39, 0.29) is 7.85 Å². The molecule has 4 nitrogen and oxygen atoms in total. The SMILES string of the molecule is BC(S(=O)(=O)C(F)(F)F)S(=O)(=O)C(F)(F)F. The number of alkyl halides is 6. The highest BCUT2D eigenvalue weighted by Crippen LogP contribution is 2.34. The molecular formula is C3H3BF6O4S2. The summed E-state index contributed by atoms with van der Waals surface area (Å²) in [6.45, 7) is 0. The van der Waals surface area contributed by atoms with Crippen molar-refractivity contribution in [2.45, 2.75) is 15.5 Å². The van der Waals surface area contributed by atoms with Crippen molar-refractivity contribution in [3.05, 3.63) is 0 Å². The summed E-state index contributed by atoms with van der Waals surface area (Å²) in [5.74, 6) is 0. The van der Waals surface area contributed by atoms with Gasteiger partial charge in [-0.3, -0.25) is 0 Å². The van der Waals surface area contributed by atoms with Crippen LogP contribution >= 0.6 is 0 Å². The molecule has 16 heavy (non-hydrogen) atoms. The van der Waals surface area contributed by atoms with Crippen LogP contribution in [0.25, 0.3) is 0 Å². The molecule has 0 bridgehead atoms. The van der Waals surface area contributed by atoms with E-state index in [4.69, 9.17) is 0 Å². The molecule has 0 heterocycles. The highest BCUT2D eigenvalue weighted by molar-refractivity contribution is 8.11. The van der Waals surface area contributed by atoms with E-state index in [1.165, 1.54) is 0 Å². The van der Waals surface area contributed by atoms with Crippen LogP contribution in [0, 0.1) is 0 Å². The summed E-state index contributed by atoms with van der Waals surface area (Å²) >= 11 is 0. The van der Waals surface area contributed by atoms with Crippen molar-refractivity contribution in [1.82, 2.24) is 0 Å². The summed E-state index contributed by atoms with van der Waals surface area (Å²) < 4.78 is 109. The number of rotatable bonds is 2. The van der Waals surface area contributed by atoms with E-state index in [9.17, 15) is 43.2 Å². The Bertz CT molecular complexity index is 413. The molecule has 0 amide bonds. The molecule has 0 atom stereocenters. The lowest BCUT2D eigenvalue weighted by molar-refractivity contribution is -0.0462. The standard InChI is InChI=1S/C3H3BF6O4S2/c4-1(15(11,12)2(5,6)7)16(13,14)3(8,9)10/h1H,4H2. The molecule has 0 saturated heterocycles. The molecule has 0 aromatic carbocycles. The van der Waals surface area contributed by atoms with Crippen LogP contribution in [-0.4, -0.2) is 40.2 Å². The molecule has 0 unspecified atom stereocenters. The van der Waals surface area contributed by atoms with Crippen LogP contribution in [0.1, 0.15) is 0 Å². The van der Waals surface area contributed by atoms with Gasteiger partial charge in [0.25, 0.3) is 19.7 Å². The molecule has 0 spiro atoms. The fourth-order valence-corrected chi connectivity index (χ4v) is 3.28. The second kappa shape index (κ2) is 3.79. The van der Waals surface area contributed by atoms with Crippen LogP contribution in [0.3, 0.4) is 0 Å². The van der Waals surface area contributed by atoms with Gasteiger partial charge in [0.05, 0.1) is 0 Å². The Morgan fingerprint density at radius 1 is 0.750 bits per heavy atom. The van der Waals surface area contributed by atoms with Gasteiger partial charge in [0, 0.05) is 0 Å². The van der Waals surface area contributed by atoms with Gasteiger partial charge >= 0.3 is 11.0 Å². The second-order valence-corrected chi connectivity index (χ2v) is 7.37. The topological polar surface area (TPSA) is 68.3 Å². The van der Waals surface area contributed by atoms with Crippen LogP contribution in [0.15, 0.2) is 0 Å². The Morgan fingerprint density at radius 3 is 1.06 bits per heavy atom. The molecule has 0 radical (unpaired) electrons. The van der Waals surface area contributed by atoms with E-state index in [0.29, 0.717) is 0 Å². The molecule has 0 fully saturated rings. The van der Waals surface area contributed by atoms with Crippen molar-refractivity contribution >= 4 is 27.5 Å². The van der Waals surface area contributed by atoms with Gasteiger partial charge in [-0.05, 0) is 0 Å². The third kappa shape index (κ3) is 2.44. The van der Waals surface area contributed by atoms with Gasteiger partial charge in [0.1, 0.15) is 12.3 Å². The lowest BCUT2D eigenvalue weighted by atomic mass is 10.2. The smallest absolute Gasteiger partial charge is 0.219 e. The van der Waals surface area contributed by atoms with Gasteiger partial charge < -0.3 is 0 Å². The summed E-state index contributed by atoms with van der Waals surface area (Å²) in [5, 5.41) is 0. The molecule has 13 heteroatoms. The summed E-state index contributed by atoms with van der Waals surface area (Å²) in [4.78, 5) is 0. The molecule has 0 aliphatic rings. The van der Waals surface area contributed by atoms with Crippen molar-refractivity contribution in [3.63, 3.8) is 0 Å². The van der Waals surface area contributed by atoms with Crippen LogP contribution in [0.5, 0.6) is 0 Å². The monoisotopic (exact) mass is 292 g/mol. The Labute approximate surface area is 86.9 Å². The van der Waals surface area contributed by atoms with Crippen LogP contribution < -0.4 is 0 Å². The normalized spacial score (nSPS) is 15.4. The average molecular weight is 292 g/mol. The van der Waals surface area contributed by atoms with Crippen LogP contribution in [0.2, 0.25) is 0 Å². The summed E-state index contributed by atoms with van der Waals surface area (Å²) in [5.41, 5.74) is -12.1. The molecule has 0 saturated carbocycles. The fourth-order valence-electron chi connectivity index (χ4n) is 0.543. The molecule has 96 valence electrons. The summed E-state index contributed by atoms with van der Waals surface area (Å²) in [6.07, 6.45) is 0. The van der Waals surface area contributed by atoms with Crippen molar-refractivity contribution in [3.8, 4) is 0 Å². The molecule has 0 aliphatic heterocycles. The van der Waals surface area contributed by atoms with Crippen LogP contribution in [-0.2, 0) is 19.7 Å². The first kappa shape index (κ1) is 15.5. The lowest BCUT2D eigenvalue weighted by Gasteiger charge is -2.17. The average Bonchev–Trinajstić information content (AvgIpc) is 1.98. The number of hydrogen-bond acceptors (Lipinski definition) is 4. The van der Waals surface area contributed by atoms with E-state index >= 15 is 0 Å².